The van der Waals surface area contributed by atoms with Crippen molar-refractivity contribution in [2.24, 2.45) is 0 Å². The summed E-state index contributed by atoms with van der Waals surface area (Å²) in [5.41, 5.74) is 1.27. The largest absolute Gasteiger partial charge is 0.497 e. The zero-order valence-corrected chi connectivity index (χ0v) is 18.0. The van der Waals surface area contributed by atoms with Gasteiger partial charge in [-0.15, -0.1) is 0 Å². The van der Waals surface area contributed by atoms with Crippen molar-refractivity contribution >= 4 is 21.6 Å². The first-order valence-corrected chi connectivity index (χ1v) is 10.3. The van der Waals surface area contributed by atoms with Crippen LogP contribution in [0.5, 0.6) is 17.2 Å². The highest BCUT2D eigenvalue weighted by Crippen LogP contribution is 2.29. The zero-order valence-electron chi connectivity index (χ0n) is 17.2. The van der Waals surface area contributed by atoms with Crippen molar-refractivity contribution in [1.82, 2.24) is 4.31 Å². The Kier molecular flexibility index (Phi) is 7.46. The number of hydrogen-bond acceptors (Lipinski definition) is 6. The lowest BCUT2D eigenvalue weighted by atomic mass is 10.1. The predicted octanol–water partition coefficient (Wildman–Crippen LogP) is 2.53. The third-order valence-corrected chi connectivity index (χ3v) is 6.09. The Morgan fingerprint density at radius 2 is 1.59 bits per heavy atom. The second kappa shape index (κ2) is 9.62. The topological polar surface area (TPSA) is 94.2 Å². The minimum atomic E-state index is -3.72. The zero-order chi connectivity index (χ0) is 21.6. The van der Waals surface area contributed by atoms with E-state index in [1.54, 1.807) is 26.4 Å². The fourth-order valence-electron chi connectivity index (χ4n) is 2.64. The van der Waals surface area contributed by atoms with Gasteiger partial charge < -0.3 is 19.5 Å². The number of benzene rings is 2. The standard InChI is InChI=1S/C20H26N2O6S/c1-22(2)29(24,25)19-12-15(7-8-18(19)28-5)21-20(23)9-6-14-10-16(26-3)13-17(11-14)27-4/h7-8,10-13H,6,9H2,1-5H3,(H,21,23). The van der Waals surface area contributed by atoms with Gasteiger partial charge in [-0.1, -0.05) is 0 Å². The molecule has 0 saturated carbocycles. The maximum Gasteiger partial charge on any atom is 0.246 e. The van der Waals surface area contributed by atoms with Gasteiger partial charge in [0.05, 0.1) is 21.3 Å². The summed E-state index contributed by atoms with van der Waals surface area (Å²) in [5, 5.41) is 2.73. The van der Waals surface area contributed by atoms with Gasteiger partial charge in [0, 0.05) is 32.3 Å². The lowest BCUT2D eigenvalue weighted by Crippen LogP contribution is -2.23. The molecule has 0 fully saturated rings. The van der Waals surface area contributed by atoms with Crippen molar-refractivity contribution in [3.8, 4) is 17.2 Å². The first-order valence-electron chi connectivity index (χ1n) is 8.83. The number of methoxy groups -OCH3 is 3. The molecule has 0 aliphatic rings. The normalized spacial score (nSPS) is 11.2. The fourth-order valence-corrected chi connectivity index (χ4v) is 3.72. The summed E-state index contributed by atoms with van der Waals surface area (Å²) in [7, 11) is 3.67. The monoisotopic (exact) mass is 422 g/mol. The molecule has 0 aromatic heterocycles. The van der Waals surface area contributed by atoms with E-state index in [0.717, 1.165) is 9.87 Å². The van der Waals surface area contributed by atoms with Crippen LogP contribution < -0.4 is 19.5 Å². The van der Waals surface area contributed by atoms with Crippen molar-refractivity contribution < 1.29 is 27.4 Å². The number of aryl methyl sites for hydroxylation is 1. The van der Waals surface area contributed by atoms with Crippen LogP contribution in [0.3, 0.4) is 0 Å². The van der Waals surface area contributed by atoms with E-state index >= 15 is 0 Å². The molecule has 8 nitrogen and oxygen atoms in total. The molecule has 29 heavy (non-hydrogen) atoms. The van der Waals surface area contributed by atoms with Crippen molar-refractivity contribution in [1.29, 1.82) is 0 Å². The third-order valence-electron chi connectivity index (χ3n) is 4.26. The maximum absolute atomic E-state index is 12.5. The molecule has 0 heterocycles. The SMILES string of the molecule is COc1cc(CCC(=O)Nc2ccc(OC)c(S(=O)(=O)N(C)C)c2)cc(OC)c1. The third kappa shape index (κ3) is 5.61. The molecule has 0 atom stereocenters. The van der Waals surface area contributed by atoms with Gasteiger partial charge in [-0.05, 0) is 42.3 Å². The molecule has 1 N–H and O–H groups in total. The molecule has 2 aromatic rings. The first-order chi connectivity index (χ1) is 13.7. The smallest absolute Gasteiger partial charge is 0.246 e. The number of amides is 1. The quantitative estimate of drug-likeness (QED) is 0.667. The van der Waals surface area contributed by atoms with E-state index < -0.39 is 10.0 Å². The molecule has 0 aliphatic carbocycles. The second-order valence-electron chi connectivity index (χ2n) is 6.42. The number of anilines is 1. The minimum Gasteiger partial charge on any atom is -0.497 e. The number of carbonyl (C=O) groups excluding carboxylic acids is 1. The number of nitrogens with one attached hydrogen (secondary N) is 1. The van der Waals surface area contributed by atoms with Crippen molar-refractivity contribution in [3.63, 3.8) is 0 Å². The van der Waals surface area contributed by atoms with Crippen molar-refractivity contribution in [3.05, 3.63) is 42.0 Å². The Bertz CT molecular complexity index is 951. The van der Waals surface area contributed by atoms with Gasteiger partial charge in [-0.3, -0.25) is 4.79 Å². The molecule has 2 aromatic carbocycles. The van der Waals surface area contributed by atoms with Gasteiger partial charge in [-0.25, -0.2) is 12.7 Å². The van der Waals surface area contributed by atoms with E-state index in [-0.39, 0.29) is 23.0 Å². The average molecular weight is 423 g/mol. The average Bonchev–Trinajstić information content (AvgIpc) is 2.71. The molecule has 2 rings (SSSR count). The summed E-state index contributed by atoms with van der Waals surface area (Å²) < 4.78 is 41.7. The summed E-state index contributed by atoms with van der Waals surface area (Å²) in [5.74, 6) is 1.26. The highest BCUT2D eigenvalue weighted by atomic mass is 32.2. The number of hydrogen-bond donors (Lipinski definition) is 1. The molecule has 158 valence electrons. The van der Waals surface area contributed by atoms with E-state index in [2.05, 4.69) is 5.32 Å². The predicted molar refractivity (Wildman–Crippen MR) is 110 cm³/mol. The Hall–Kier alpha value is -2.78. The van der Waals surface area contributed by atoms with Crippen LogP contribution in [0.4, 0.5) is 5.69 Å². The van der Waals surface area contributed by atoms with Gasteiger partial charge in [0.1, 0.15) is 22.1 Å². The Labute approximate surface area is 171 Å². The van der Waals surface area contributed by atoms with Crippen LogP contribution in [0.25, 0.3) is 0 Å². The van der Waals surface area contributed by atoms with Crippen LogP contribution in [-0.4, -0.2) is 54.1 Å². The summed E-state index contributed by atoms with van der Waals surface area (Å²) in [6.07, 6.45) is 0.677. The van der Waals surface area contributed by atoms with Gasteiger partial charge in [0.2, 0.25) is 15.9 Å². The van der Waals surface area contributed by atoms with E-state index in [1.807, 2.05) is 12.1 Å². The van der Waals surface area contributed by atoms with Crippen LogP contribution in [0.1, 0.15) is 12.0 Å². The van der Waals surface area contributed by atoms with E-state index in [0.29, 0.717) is 23.6 Å². The van der Waals surface area contributed by atoms with Gasteiger partial charge in [0.15, 0.2) is 0 Å². The van der Waals surface area contributed by atoms with Crippen molar-refractivity contribution in [2.45, 2.75) is 17.7 Å². The summed E-state index contributed by atoms with van der Waals surface area (Å²) in [4.78, 5) is 12.4. The minimum absolute atomic E-state index is 0.0136. The second-order valence-corrected chi connectivity index (χ2v) is 8.54. The molecule has 0 spiro atoms. The van der Waals surface area contributed by atoms with Gasteiger partial charge in [0.25, 0.3) is 0 Å². The molecule has 0 bridgehead atoms. The molecule has 9 heteroatoms. The molecule has 0 radical (unpaired) electrons. The lowest BCUT2D eigenvalue weighted by Gasteiger charge is -2.16. The molecule has 0 unspecified atom stereocenters. The Morgan fingerprint density at radius 3 is 2.10 bits per heavy atom. The van der Waals surface area contributed by atoms with Crippen LogP contribution in [0.15, 0.2) is 41.3 Å². The highest BCUT2D eigenvalue weighted by molar-refractivity contribution is 7.89. The number of nitrogens with zero attached hydrogens (tertiary/aromatic N) is 1. The van der Waals surface area contributed by atoms with Crippen LogP contribution >= 0.6 is 0 Å². The number of sulfonamides is 1. The summed E-state index contributed by atoms with van der Waals surface area (Å²) >= 11 is 0. The van der Waals surface area contributed by atoms with Gasteiger partial charge in [-0.2, -0.15) is 0 Å². The van der Waals surface area contributed by atoms with E-state index in [1.165, 1.54) is 33.3 Å². The molecule has 0 saturated heterocycles. The Morgan fingerprint density at radius 1 is 0.966 bits per heavy atom. The van der Waals surface area contributed by atoms with Crippen LogP contribution in [0.2, 0.25) is 0 Å². The lowest BCUT2D eigenvalue weighted by molar-refractivity contribution is -0.116. The van der Waals surface area contributed by atoms with E-state index in [9.17, 15) is 13.2 Å². The number of rotatable bonds is 9. The maximum atomic E-state index is 12.5. The highest BCUT2D eigenvalue weighted by Gasteiger charge is 2.23. The molecule has 1 amide bonds. The van der Waals surface area contributed by atoms with E-state index in [4.69, 9.17) is 14.2 Å². The van der Waals surface area contributed by atoms with Gasteiger partial charge >= 0.3 is 0 Å². The Balaban J connectivity index is 2.13. The number of carbonyl (C=O) groups is 1. The molecular formula is C20H26N2O6S. The summed E-state index contributed by atoms with van der Waals surface area (Å²) in [6.45, 7) is 0. The molecular weight excluding hydrogens is 396 g/mol. The van der Waals surface area contributed by atoms with Crippen LogP contribution in [-0.2, 0) is 21.2 Å². The first kappa shape index (κ1) is 22.5. The summed E-state index contributed by atoms with van der Waals surface area (Å²) in [6, 6.07) is 9.93. The van der Waals surface area contributed by atoms with Crippen LogP contribution in [0, 0.1) is 0 Å². The fraction of sp³-hybridized carbons (Fsp3) is 0.350. The number of ether oxygens (including phenoxy) is 3. The molecule has 0 aliphatic heterocycles. The van der Waals surface area contributed by atoms with Crippen molar-refractivity contribution in [2.75, 3.05) is 40.7 Å².